The zero-order valence-corrected chi connectivity index (χ0v) is 18.8. The molecule has 0 bridgehead atoms. The number of nitrogens with one attached hydrogen (secondary N) is 1. The molecule has 1 heterocycles. The monoisotopic (exact) mass is 446 g/mol. The van der Waals surface area contributed by atoms with Crippen LogP contribution in [0.1, 0.15) is 62.6 Å². The molecule has 2 N–H and O–H groups in total. The fourth-order valence-electron chi connectivity index (χ4n) is 5.26. The highest BCUT2D eigenvalue weighted by molar-refractivity contribution is 6.09. The second-order valence-electron chi connectivity index (χ2n) is 8.58. The van der Waals surface area contributed by atoms with Gasteiger partial charge in [-0.05, 0) is 43.5 Å². The molecule has 1 aliphatic heterocycles. The summed E-state index contributed by atoms with van der Waals surface area (Å²) in [5, 5.41) is 14.5. The Bertz CT molecular complexity index is 886. The van der Waals surface area contributed by atoms with Gasteiger partial charge in [-0.15, -0.1) is 12.4 Å². The van der Waals surface area contributed by atoms with Crippen LogP contribution in [0.4, 0.5) is 10.1 Å². The van der Waals surface area contributed by atoms with Crippen molar-refractivity contribution in [1.29, 1.82) is 0 Å². The predicted octanol–water partition coefficient (Wildman–Crippen LogP) is 4.90. The Hall–Kier alpha value is -1.95. The van der Waals surface area contributed by atoms with Crippen LogP contribution in [0.5, 0.6) is 0 Å². The molecule has 0 unspecified atom stereocenters. The molecule has 2 aromatic rings. The van der Waals surface area contributed by atoms with Gasteiger partial charge in [0.1, 0.15) is 5.82 Å². The summed E-state index contributed by atoms with van der Waals surface area (Å²) >= 11 is 0. The second-order valence-corrected chi connectivity index (χ2v) is 8.58. The summed E-state index contributed by atoms with van der Waals surface area (Å²) in [6, 6.07) is 14.0. The van der Waals surface area contributed by atoms with Gasteiger partial charge in [-0.25, -0.2) is 4.39 Å². The van der Waals surface area contributed by atoms with Crippen molar-refractivity contribution in [3.8, 4) is 0 Å². The Morgan fingerprint density at radius 1 is 1.10 bits per heavy atom. The van der Waals surface area contributed by atoms with E-state index in [1.54, 1.807) is 11.0 Å². The highest BCUT2D eigenvalue weighted by atomic mass is 35.5. The topological polar surface area (TPSA) is 52.6 Å². The molecule has 1 fully saturated rings. The minimum Gasteiger partial charge on any atom is -0.389 e. The Morgan fingerprint density at radius 3 is 2.48 bits per heavy atom. The molecule has 1 saturated carbocycles. The first kappa shape index (κ1) is 23.7. The normalized spacial score (nSPS) is 19.1. The molecular weight excluding hydrogens is 415 g/mol. The third kappa shape index (κ3) is 4.23. The number of carbonyl (C=O) groups is 1. The number of fused-ring (bicyclic) bond motifs is 2. The minimum atomic E-state index is -0.808. The summed E-state index contributed by atoms with van der Waals surface area (Å²) in [6.45, 7) is 3.24. The van der Waals surface area contributed by atoms with Crippen molar-refractivity contribution in [2.45, 2.75) is 63.0 Å². The Labute approximate surface area is 190 Å². The smallest absolute Gasteiger partial charge is 0.238 e. The first-order valence-electron chi connectivity index (χ1n) is 11.2. The van der Waals surface area contributed by atoms with Crippen LogP contribution < -0.4 is 10.2 Å². The number of rotatable bonds is 7. The molecular formula is C25H32ClFN2O2. The number of hydrogen-bond donors (Lipinski definition) is 2. The van der Waals surface area contributed by atoms with E-state index in [2.05, 4.69) is 12.2 Å². The molecule has 1 spiro atoms. The lowest BCUT2D eigenvalue weighted by Crippen LogP contribution is -2.48. The number of amides is 1. The highest BCUT2D eigenvalue weighted by Crippen LogP contribution is 2.53. The van der Waals surface area contributed by atoms with E-state index in [0.717, 1.165) is 37.8 Å². The van der Waals surface area contributed by atoms with Crippen molar-refractivity contribution in [2.75, 3.05) is 18.0 Å². The maximum atomic E-state index is 15.1. The van der Waals surface area contributed by atoms with Crippen LogP contribution in [0.15, 0.2) is 48.5 Å². The number of hydrogen-bond acceptors (Lipinski definition) is 3. The van der Waals surface area contributed by atoms with Crippen molar-refractivity contribution in [3.05, 3.63) is 65.5 Å². The van der Waals surface area contributed by atoms with Crippen LogP contribution in [-0.2, 0) is 10.2 Å². The molecule has 2 aliphatic rings. The molecule has 1 aliphatic carbocycles. The average Bonchev–Trinajstić information content (AvgIpc) is 2.99. The van der Waals surface area contributed by atoms with E-state index in [-0.39, 0.29) is 24.1 Å². The van der Waals surface area contributed by atoms with Crippen molar-refractivity contribution in [2.24, 2.45) is 0 Å². The third-order valence-corrected chi connectivity index (χ3v) is 6.63. The molecule has 4 nitrogen and oxygen atoms in total. The van der Waals surface area contributed by atoms with Gasteiger partial charge in [-0.3, -0.25) is 4.79 Å². The SMILES string of the molecule is CCCNC[C@@H](O)[C@H](c1ccccc1)N1C(=O)C2(CCCCC2)c2c(F)cccc21.Cl. The number of carbonyl (C=O) groups excluding carboxylic acids is 1. The van der Waals surface area contributed by atoms with Gasteiger partial charge in [0.2, 0.25) is 5.91 Å². The number of anilines is 1. The second kappa shape index (κ2) is 10.1. The fourth-order valence-corrected chi connectivity index (χ4v) is 5.26. The molecule has 31 heavy (non-hydrogen) atoms. The fraction of sp³-hybridized carbons (Fsp3) is 0.480. The zero-order valence-electron chi connectivity index (χ0n) is 18.0. The van der Waals surface area contributed by atoms with Gasteiger partial charge < -0.3 is 15.3 Å². The first-order chi connectivity index (χ1) is 14.6. The summed E-state index contributed by atoms with van der Waals surface area (Å²) < 4.78 is 15.1. The van der Waals surface area contributed by atoms with E-state index < -0.39 is 17.6 Å². The summed E-state index contributed by atoms with van der Waals surface area (Å²) in [7, 11) is 0. The number of halogens is 2. The molecule has 4 rings (SSSR count). The van der Waals surface area contributed by atoms with Gasteiger partial charge in [0.25, 0.3) is 0 Å². The van der Waals surface area contributed by atoms with Crippen molar-refractivity contribution in [1.82, 2.24) is 5.32 Å². The Balaban J connectivity index is 0.00000272. The Kier molecular flexibility index (Phi) is 7.73. The molecule has 0 saturated heterocycles. The molecule has 2 aromatic carbocycles. The third-order valence-electron chi connectivity index (χ3n) is 6.63. The minimum absolute atomic E-state index is 0. The standard InChI is InChI=1S/C25H31FN2O2.ClH/c1-2-16-27-17-21(29)23(18-10-5-3-6-11-18)28-20-13-9-12-19(26)22(20)25(24(28)30)14-7-4-8-15-25;/h3,5-6,9-13,21,23,27,29H,2,4,7-8,14-17H2,1H3;1H/t21-,23+;/m1./s1. The predicted molar refractivity (Wildman–Crippen MR) is 124 cm³/mol. The summed E-state index contributed by atoms with van der Waals surface area (Å²) in [6.07, 6.45) is 4.41. The quantitative estimate of drug-likeness (QED) is 0.595. The number of nitrogens with zero attached hydrogens (tertiary/aromatic N) is 1. The van der Waals surface area contributed by atoms with E-state index in [1.165, 1.54) is 6.07 Å². The van der Waals surface area contributed by atoms with Crippen molar-refractivity contribution in [3.63, 3.8) is 0 Å². The summed E-state index contributed by atoms with van der Waals surface area (Å²) in [5.41, 5.74) is 1.21. The molecule has 168 valence electrons. The maximum absolute atomic E-state index is 15.1. The number of aliphatic hydroxyl groups excluding tert-OH is 1. The first-order valence-corrected chi connectivity index (χ1v) is 11.2. The Morgan fingerprint density at radius 2 is 1.81 bits per heavy atom. The summed E-state index contributed by atoms with van der Waals surface area (Å²) in [5.74, 6) is -0.374. The van der Waals surface area contributed by atoms with Gasteiger partial charge in [-0.1, -0.05) is 62.6 Å². The van der Waals surface area contributed by atoms with E-state index >= 15 is 4.39 Å². The van der Waals surface area contributed by atoms with Gasteiger partial charge in [0.15, 0.2) is 0 Å². The van der Waals surface area contributed by atoms with Crippen LogP contribution in [0.25, 0.3) is 0 Å². The largest absolute Gasteiger partial charge is 0.389 e. The lowest BCUT2D eigenvalue weighted by Gasteiger charge is -2.36. The number of benzene rings is 2. The van der Waals surface area contributed by atoms with E-state index in [9.17, 15) is 9.90 Å². The molecule has 0 radical (unpaired) electrons. The molecule has 6 heteroatoms. The van der Waals surface area contributed by atoms with Gasteiger partial charge in [0.05, 0.1) is 23.2 Å². The van der Waals surface area contributed by atoms with Crippen LogP contribution in [0.3, 0.4) is 0 Å². The highest BCUT2D eigenvalue weighted by Gasteiger charge is 2.55. The van der Waals surface area contributed by atoms with Crippen LogP contribution >= 0.6 is 12.4 Å². The molecule has 1 amide bonds. The molecule has 0 aromatic heterocycles. The summed E-state index contributed by atoms with van der Waals surface area (Å²) in [4.78, 5) is 15.7. The lowest BCUT2D eigenvalue weighted by molar-refractivity contribution is -0.125. The molecule has 2 atom stereocenters. The van der Waals surface area contributed by atoms with E-state index in [4.69, 9.17) is 0 Å². The van der Waals surface area contributed by atoms with Crippen LogP contribution in [0, 0.1) is 5.82 Å². The van der Waals surface area contributed by atoms with E-state index in [1.807, 2.05) is 36.4 Å². The van der Waals surface area contributed by atoms with Gasteiger partial charge in [-0.2, -0.15) is 0 Å². The van der Waals surface area contributed by atoms with E-state index in [0.29, 0.717) is 30.6 Å². The van der Waals surface area contributed by atoms with Gasteiger partial charge >= 0.3 is 0 Å². The van der Waals surface area contributed by atoms with Crippen molar-refractivity contribution < 1.29 is 14.3 Å². The van der Waals surface area contributed by atoms with Crippen molar-refractivity contribution >= 4 is 24.0 Å². The van der Waals surface area contributed by atoms with Gasteiger partial charge in [0, 0.05) is 12.1 Å². The number of aliphatic hydroxyl groups is 1. The van der Waals surface area contributed by atoms with Crippen LogP contribution in [-0.4, -0.2) is 30.2 Å². The zero-order chi connectivity index (χ0) is 21.1. The average molecular weight is 447 g/mol. The maximum Gasteiger partial charge on any atom is 0.238 e. The lowest BCUT2D eigenvalue weighted by atomic mass is 9.70. The van der Waals surface area contributed by atoms with Crippen LogP contribution in [0.2, 0.25) is 0 Å².